The summed E-state index contributed by atoms with van der Waals surface area (Å²) in [5, 5.41) is 5.31. The molecule has 8 heteroatoms. The molecule has 1 saturated heterocycles. The largest absolute Gasteiger partial charge is 0.418 e. The smallest absolute Gasteiger partial charge is 0.332 e. The molecular weight excluding hydrogens is 323 g/mol. The summed E-state index contributed by atoms with van der Waals surface area (Å²) < 4.78 is 38.8. The van der Waals surface area contributed by atoms with Gasteiger partial charge in [-0.1, -0.05) is 12.1 Å². The van der Waals surface area contributed by atoms with Crippen molar-refractivity contribution in [3.05, 3.63) is 29.8 Å². The third-order valence-electron chi connectivity index (χ3n) is 3.89. The van der Waals surface area contributed by atoms with Crippen LogP contribution in [0.3, 0.4) is 0 Å². The predicted octanol–water partition coefficient (Wildman–Crippen LogP) is 2.24. The third-order valence-corrected chi connectivity index (χ3v) is 3.89. The zero-order valence-corrected chi connectivity index (χ0v) is 13.3. The number of likely N-dealkylation sites (N-methyl/N-ethyl adjacent to an activating group) is 1. The molecule has 0 spiro atoms. The number of anilines is 1. The maximum Gasteiger partial charge on any atom is 0.418 e. The Kier molecular flexibility index (Phi) is 5.82. The van der Waals surface area contributed by atoms with Gasteiger partial charge in [0.1, 0.15) is 0 Å². The van der Waals surface area contributed by atoms with Gasteiger partial charge in [0.15, 0.2) is 0 Å². The number of benzene rings is 1. The van der Waals surface area contributed by atoms with Crippen LogP contribution in [-0.2, 0) is 15.8 Å². The maximum absolute atomic E-state index is 12.9. The van der Waals surface area contributed by atoms with E-state index in [0.717, 1.165) is 19.0 Å². The molecule has 1 heterocycles. The van der Waals surface area contributed by atoms with Gasteiger partial charge in [0.05, 0.1) is 23.8 Å². The lowest BCUT2D eigenvalue weighted by atomic mass is 10.1. The SMILES string of the molecule is CCN(CC(=O)Nc1ccccc1C(F)(F)F)C(=O)C1CCCN1. The number of nitrogens with zero attached hydrogens (tertiary/aromatic N) is 1. The summed E-state index contributed by atoms with van der Waals surface area (Å²) in [5.41, 5.74) is -1.22. The number of carbonyl (C=O) groups excluding carboxylic acids is 2. The lowest BCUT2D eigenvalue weighted by molar-refractivity contribution is -0.137. The monoisotopic (exact) mass is 343 g/mol. The first kappa shape index (κ1) is 18.3. The summed E-state index contributed by atoms with van der Waals surface area (Å²) in [7, 11) is 0. The summed E-state index contributed by atoms with van der Waals surface area (Å²) in [6.45, 7) is 2.51. The molecule has 1 aromatic rings. The van der Waals surface area contributed by atoms with Crippen molar-refractivity contribution in [3.8, 4) is 0 Å². The Morgan fingerprint density at radius 1 is 1.33 bits per heavy atom. The second-order valence-electron chi connectivity index (χ2n) is 5.59. The second-order valence-corrected chi connectivity index (χ2v) is 5.59. The van der Waals surface area contributed by atoms with Gasteiger partial charge in [-0.15, -0.1) is 0 Å². The van der Waals surface area contributed by atoms with Gasteiger partial charge in [0.2, 0.25) is 11.8 Å². The molecule has 1 aliphatic rings. The van der Waals surface area contributed by atoms with Crippen LogP contribution >= 0.6 is 0 Å². The maximum atomic E-state index is 12.9. The Bertz CT molecular complexity index is 598. The molecule has 0 saturated carbocycles. The first-order valence-electron chi connectivity index (χ1n) is 7.81. The van der Waals surface area contributed by atoms with E-state index in [2.05, 4.69) is 10.6 Å². The van der Waals surface area contributed by atoms with Crippen LogP contribution in [0.5, 0.6) is 0 Å². The number of amides is 2. The minimum absolute atomic E-state index is 0.200. The highest BCUT2D eigenvalue weighted by molar-refractivity contribution is 5.96. The molecule has 1 fully saturated rings. The Balaban J connectivity index is 2.03. The van der Waals surface area contributed by atoms with Crippen molar-refractivity contribution in [3.63, 3.8) is 0 Å². The van der Waals surface area contributed by atoms with E-state index in [-0.39, 0.29) is 24.2 Å². The molecule has 1 aliphatic heterocycles. The fraction of sp³-hybridized carbons (Fsp3) is 0.500. The van der Waals surface area contributed by atoms with Crippen LogP contribution in [0.2, 0.25) is 0 Å². The quantitative estimate of drug-likeness (QED) is 0.862. The first-order chi connectivity index (χ1) is 11.3. The molecule has 5 nitrogen and oxygen atoms in total. The molecule has 0 bridgehead atoms. The number of carbonyl (C=O) groups is 2. The standard InChI is InChI=1S/C16H20F3N3O2/c1-2-22(15(24)13-8-5-9-20-13)10-14(23)21-12-7-4-3-6-11(12)16(17,18)19/h3-4,6-7,13,20H,2,5,8-10H2,1H3,(H,21,23). The molecule has 1 unspecified atom stereocenters. The van der Waals surface area contributed by atoms with Crippen molar-refractivity contribution in [1.29, 1.82) is 0 Å². The van der Waals surface area contributed by atoms with E-state index in [1.165, 1.54) is 23.1 Å². The van der Waals surface area contributed by atoms with Gasteiger partial charge in [-0.05, 0) is 38.4 Å². The van der Waals surface area contributed by atoms with E-state index in [9.17, 15) is 22.8 Å². The van der Waals surface area contributed by atoms with Gasteiger partial charge in [0, 0.05) is 6.54 Å². The number of nitrogens with one attached hydrogen (secondary N) is 2. The highest BCUT2D eigenvalue weighted by Crippen LogP contribution is 2.34. The van der Waals surface area contributed by atoms with Crippen LogP contribution in [0.25, 0.3) is 0 Å². The van der Waals surface area contributed by atoms with Gasteiger partial charge in [-0.2, -0.15) is 13.2 Å². The number of alkyl halides is 3. The van der Waals surface area contributed by atoms with E-state index in [1.54, 1.807) is 6.92 Å². The zero-order chi connectivity index (χ0) is 17.7. The van der Waals surface area contributed by atoms with Gasteiger partial charge in [0.25, 0.3) is 0 Å². The highest BCUT2D eigenvalue weighted by Gasteiger charge is 2.34. The Labute approximate surface area is 138 Å². The molecule has 2 amide bonds. The van der Waals surface area contributed by atoms with Crippen LogP contribution in [0, 0.1) is 0 Å². The number of halogens is 3. The van der Waals surface area contributed by atoms with Crippen molar-refractivity contribution in [1.82, 2.24) is 10.2 Å². The number of para-hydroxylation sites is 1. The summed E-state index contributed by atoms with van der Waals surface area (Å²) in [6, 6.07) is 4.44. The van der Waals surface area contributed by atoms with Crippen LogP contribution in [-0.4, -0.2) is 42.4 Å². The Morgan fingerprint density at radius 2 is 2.04 bits per heavy atom. The fourth-order valence-electron chi connectivity index (χ4n) is 2.66. The molecular formula is C16H20F3N3O2. The lowest BCUT2D eigenvalue weighted by Gasteiger charge is -2.24. The Hall–Kier alpha value is -2.09. The van der Waals surface area contributed by atoms with Gasteiger partial charge >= 0.3 is 6.18 Å². The van der Waals surface area contributed by atoms with E-state index in [0.29, 0.717) is 13.0 Å². The van der Waals surface area contributed by atoms with Crippen LogP contribution in [0.4, 0.5) is 18.9 Å². The van der Waals surface area contributed by atoms with Crippen molar-refractivity contribution in [2.24, 2.45) is 0 Å². The third kappa shape index (κ3) is 4.47. The van der Waals surface area contributed by atoms with Crippen molar-refractivity contribution >= 4 is 17.5 Å². The fourth-order valence-corrected chi connectivity index (χ4v) is 2.66. The van der Waals surface area contributed by atoms with E-state index in [4.69, 9.17) is 0 Å². The molecule has 2 N–H and O–H groups in total. The summed E-state index contributed by atoms with van der Waals surface area (Å²) >= 11 is 0. The van der Waals surface area contributed by atoms with E-state index in [1.807, 2.05) is 0 Å². The van der Waals surface area contributed by atoms with Crippen molar-refractivity contribution in [2.75, 3.05) is 25.0 Å². The molecule has 1 atom stereocenters. The highest BCUT2D eigenvalue weighted by atomic mass is 19.4. The van der Waals surface area contributed by atoms with Crippen LogP contribution in [0.1, 0.15) is 25.3 Å². The summed E-state index contributed by atoms with van der Waals surface area (Å²) in [5.74, 6) is -0.853. The van der Waals surface area contributed by atoms with Crippen LogP contribution < -0.4 is 10.6 Å². The molecule has 0 aromatic heterocycles. The molecule has 0 aliphatic carbocycles. The number of hydrogen-bond donors (Lipinski definition) is 2. The van der Waals surface area contributed by atoms with E-state index < -0.39 is 17.6 Å². The molecule has 132 valence electrons. The normalized spacial score (nSPS) is 17.6. The Morgan fingerprint density at radius 3 is 2.62 bits per heavy atom. The summed E-state index contributed by atoms with van der Waals surface area (Å²) in [4.78, 5) is 25.7. The topological polar surface area (TPSA) is 61.4 Å². The zero-order valence-electron chi connectivity index (χ0n) is 13.3. The second kappa shape index (κ2) is 7.65. The number of hydrogen-bond acceptors (Lipinski definition) is 3. The van der Waals surface area contributed by atoms with E-state index >= 15 is 0 Å². The first-order valence-corrected chi connectivity index (χ1v) is 7.81. The minimum Gasteiger partial charge on any atom is -0.332 e. The predicted molar refractivity (Wildman–Crippen MR) is 83.4 cm³/mol. The lowest BCUT2D eigenvalue weighted by Crippen LogP contribution is -2.46. The average molecular weight is 343 g/mol. The van der Waals surface area contributed by atoms with Gasteiger partial charge < -0.3 is 15.5 Å². The molecule has 24 heavy (non-hydrogen) atoms. The minimum atomic E-state index is -4.56. The number of rotatable bonds is 5. The van der Waals surface area contributed by atoms with Crippen molar-refractivity contribution in [2.45, 2.75) is 32.0 Å². The van der Waals surface area contributed by atoms with Gasteiger partial charge in [-0.25, -0.2) is 0 Å². The summed E-state index contributed by atoms with van der Waals surface area (Å²) in [6.07, 6.45) is -2.97. The van der Waals surface area contributed by atoms with Gasteiger partial charge in [-0.3, -0.25) is 9.59 Å². The van der Waals surface area contributed by atoms with Crippen molar-refractivity contribution < 1.29 is 22.8 Å². The average Bonchev–Trinajstić information content (AvgIpc) is 3.06. The van der Waals surface area contributed by atoms with Crippen LogP contribution in [0.15, 0.2) is 24.3 Å². The molecule has 0 radical (unpaired) electrons. The molecule has 1 aromatic carbocycles. The molecule has 2 rings (SSSR count).